The van der Waals surface area contributed by atoms with Crippen LogP contribution in [-0.4, -0.2) is 63.7 Å². The van der Waals surface area contributed by atoms with Gasteiger partial charge in [-0.25, -0.2) is 0 Å². The largest absolute Gasteiger partial charge is 0.463 e. The minimum atomic E-state index is -1.05. The molecular formula is C23H38O7. The third-order valence-corrected chi connectivity index (χ3v) is 5.36. The highest BCUT2D eigenvalue weighted by molar-refractivity contribution is 5.86. The lowest BCUT2D eigenvalue weighted by Gasteiger charge is -2.17. The predicted molar refractivity (Wildman–Crippen MR) is 114 cm³/mol. The molecule has 7 heteroatoms. The average Bonchev–Trinajstić information content (AvgIpc) is 2.99. The van der Waals surface area contributed by atoms with Gasteiger partial charge >= 0.3 is 5.97 Å². The summed E-state index contributed by atoms with van der Waals surface area (Å²) in [4.78, 5) is 23.7. The number of ketones is 1. The van der Waals surface area contributed by atoms with Crippen molar-refractivity contribution < 1.29 is 34.8 Å². The number of Topliss-reactive ketones (excluding diaryl/α,β-unsaturated/α-hetero) is 1. The van der Waals surface area contributed by atoms with E-state index in [1.54, 1.807) is 12.2 Å². The Bertz CT molecular complexity index is 558. The van der Waals surface area contributed by atoms with E-state index in [9.17, 15) is 19.8 Å². The molecule has 0 aromatic carbocycles. The smallest absolute Gasteiger partial charge is 0.305 e. The molecule has 1 rings (SSSR count). The van der Waals surface area contributed by atoms with E-state index in [4.69, 9.17) is 14.9 Å². The van der Waals surface area contributed by atoms with Gasteiger partial charge in [0.2, 0.25) is 0 Å². The van der Waals surface area contributed by atoms with Crippen molar-refractivity contribution in [2.75, 3.05) is 13.2 Å². The lowest BCUT2D eigenvalue weighted by Crippen LogP contribution is -2.21. The summed E-state index contributed by atoms with van der Waals surface area (Å²) in [5.74, 6) is -0.989. The summed E-state index contributed by atoms with van der Waals surface area (Å²) < 4.78 is 4.83. The van der Waals surface area contributed by atoms with Crippen LogP contribution in [0, 0.1) is 11.8 Å². The maximum absolute atomic E-state index is 12.2. The highest BCUT2D eigenvalue weighted by Crippen LogP contribution is 2.33. The number of aliphatic hydroxyl groups is 4. The zero-order valence-corrected chi connectivity index (χ0v) is 18.0. The number of unbranched alkanes of at least 4 members (excludes halogenated alkanes) is 3. The number of esters is 1. The second-order valence-corrected chi connectivity index (χ2v) is 7.99. The first-order valence-corrected chi connectivity index (χ1v) is 11.1. The van der Waals surface area contributed by atoms with Crippen LogP contribution < -0.4 is 0 Å². The Morgan fingerprint density at radius 2 is 2.00 bits per heavy atom. The topological polar surface area (TPSA) is 124 Å². The van der Waals surface area contributed by atoms with Crippen LogP contribution in [0.3, 0.4) is 0 Å². The average molecular weight is 427 g/mol. The van der Waals surface area contributed by atoms with Crippen LogP contribution in [-0.2, 0) is 14.3 Å². The number of hydrogen-bond donors (Lipinski definition) is 4. The van der Waals surface area contributed by atoms with Crippen LogP contribution in [0.4, 0.5) is 0 Å². The molecule has 5 atom stereocenters. The molecule has 1 aliphatic rings. The SMILES string of the molecule is CCCCC[C@H](O)C=C[C@H]1C(=O)C[C@H](O)[C@@H]1CC=CCCCC(=O)OCC(O)CO. The van der Waals surface area contributed by atoms with E-state index in [2.05, 4.69) is 6.92 Å². The predicted octanol–water partition coefficient (Wildman–Crippen LogP) is 2.06. The molecule has 1 unspecified atom stereocenters. The van der Waals surface area contributed by atoms with Crippen LogP contribution in [0.2, 0.25) is 0 Å². The molecule has 1 fully saturated rings. The highest BCUT2D eigenvalue weighted by atomic mass is 16.5. The number of allylic oxidation sites excluding steroid dienone is 3. The van der Waals surface area contributed by atoms with E-state index in [1.165, 1.54) is 0 Å². The molecule has 0 aliphatic heterocycles. The summed E-state index contributed by atoms with van der Waals surface area (Å²) >= 11 is 0. The molecule has 0 bridgehead atoms. The molecule has 30 heavy (non-hydrogen) atoms. The minimum absolute atomic E-state index is 0.00530. The zero-order chi connectivity index (χ0) is 22.4. The first-order chi connectivity index (χ1) is 14.4. The van der Waals surface area contributed by atoms with Gasteiger partial charge in [0, 0.05) is 24.7 Å². The molecule has 7 nitrogen and oxygen atoms in total. The molecule has 0 spiro atoms. The number of carbonyl (C=O) groups excluding carboxylic acids is 2. The molecule has 0 aromatic rings. The van der Waals surface area contributed by atoms with Crippen LogP contribution >= 0.6 is 0 Å². The van der Waals surface area contributed by atoms with Crippen molar-refractivity contribution in [3.05, 3.63) is 24.3 Å². The van der Waals surface area contributed by atoms with Gasteiger partial charge in [-0.05, 0) is 25.7 Å². The van der Waals surface area contributed by atoms with Gasteiger partial charge in [-0.1, -0.05) is 50.5 Å². The van der Waals surface area contributed by atoms with Crippen molar-refractivity contribution in [1.29, 1.82) is 0 Å². The van der Waals surface area contributed by atoms with Gasteiger partial charge in [0.15, 0.2) is 0 Å². The molecule has 0 amide bonds. The van der Waals surface area contributed by atoms with Crippen molar-refractivity contribution in [3.8, 4) is 0 Å². The molecule has 0 saturated heterocycles. The number of rotatable bonds is 15. The number of aliphatic hydroxyl groups excluding tert-OH is 4. The van der Waals surface area contributed by atoms with Gasteiger partial charge in [-0.3, -0.25) is 9.59 Å². The summed E-state index contributed by atoms with van der Waals surface area (Å²) in [5, 5.41) is 38.0. The van der Waals surface area contributed by atoms with Crippen molar-refractivity contribution in [2.24, 2.45) is 11.8 Å². The second-order valence-electron chi connectivity index (χ2n) is 7.99. The molecule has 4 N–H and O–H groups in total. The number of carbonyl (C=O) groups is 2. The zero-order valence-electron chi connectivity index (χ0n) is 18.0. The molecule has 0 radical (unpaired) electrons. The number of hydrogen-bond acceptors (Lipinski definition) is 7. The van der Waals surface area contributed by atoms with Gasteiger partial charge in [0.05, 0.1) is 18.8 Å². The summed E-state index contributed by atoms with van der Waals surface area (Å²) in [5.41, 5.74) is 0. The van der Waals surface area contributed by atoms with E-state index >= 15 is 0 Å². The Kier molecular flexibility index (Phi) is 13.5. The van der Waals surface area contributed by atoms with Gasteiger partial charge in [-0.2, -0.15) is 0 Å². The summed E-state index contributed by atoms with van der Waals surface area (Å²) in [7, 11) is 0. The van der Waals surface area contributed by atoms with E-state index in [0.717, 1.165) is 19.3 Å². The molecule has 1 aliphatic carbocycles. The van der Waals surface area contributed by atoms with E-state index in [1.807, 2.05) is 12.2 Å². The first kappa shape index (κ1) is 26.5. The molecule has 1 saturated carbocycles. The lowest BCUT2D eigenvalue weighted by atomic mass is 9.90. The Morgan fingerprint density at radius 3 is 2.70 bits per heavy atom. The normalized spacial score (nSPS) is 24.0. The van der Waals surface area contributed by atoms with E-state index in [0.29, 0.717) is 25.7 Å². The Labute approximate surface area is 179 Å². The fourth-order valence-electron chi connectivity index (χ4n) is 3.52. The lowest BCUT2D eigenvalue weighted by molar-refractivity contribution is -0.147. The van der Waals surface area contributed by atoms with Gasteiger partial charge < -0.3 is 25.2 Å². The van der Waals surface area contributed by atoms with Gasteiger partial charge in [0.1, 0.15) is 18.5 Å². The fourth-order valence-corrected chi connectivity index (χ4v) is 3.52. The standard InChI is InChI=1S/C23H38O7/c1-2-3-6-9-17(25)12-13-20-19(21(27)14-22(20)28)10-7-4-5-8-11-23(29)30-16-18(26)15-24/h4,7,12-13,17-21,24-27H,2-3,5-6,8-11,14-16H2,1H3/t17-,18?,19+,20+,21-/m0/s1. The highest BCUT2D eigenvalue weighted by Gasteiger charge is 2.39. The second kappa shape index (κ2) is 15.3. The molecule has 0 aromatic heterocycles. The molecule has 0 heterocycles. The van der Waals surface area contributed by atoms with E-state index in [-0.39, 0.29) is 37.1 Å². The van der Waals surface area contributed by atoms with Crippen LogP contribution in [0.5, 0.6) is 0 Å². The monoisotopic (exact) mass is 426 g/mol. The van der Waals surface area contributed by atoms with Crippen molar-refractivity contribution >= 4 is 11.8 Å². The Morgan fingerprint density at radius 1 is 1.23 bits per heavy atom. The Hall–Kier alpha value is -1.54. The third kappa shape index (κ3) is 10.5. The van der Waals surface area contributed by atoms with Crippen LogP contribution in [0.25, 0.3) is 0 Å². The van der Waals surface area contributed by atoms with Gasteiger partial charge in [0.25, 0.3) is 0 Å². The van der Waals surface area contributed by atoms with Crippen LogP contribution in [0.1, 0.15) is 64.7 Å². The quantitative estimate of drug-likeness (QED) is 0.179. The van der Waals surface area contributed by atoms with Crippen LogP contribution in [0.15, 0.2) is 24.3 Å². The summed E-state index contributed by atoms with van der Waals surface area (Å²) in [6.45, 7) is 1.45. The molecular weight excluding hydrogens is 388 g/mol. The van der Waals surface area contributed by atoms with Crippen molar-refractivity contribution in [1.82, 2.24) is 0 Å². The Balaban J connectivity index is 2.37. The molecule has 172 valence electrons. The third-order valence-electron chi connectivity index (χ3n) is 5.36. The van der Waals surface area contributed by atoms with E-state index < -0.39 is 30.9 Å². The maximum atomic E-state index is 12.2. The summed E-state index contributed by atoms with van der Waals surface area (Å²) in [6.07, 6.45) is 11.0. The number of ether oxygens (including phenoxy) is 1. The minimum Gasteiger partial charge on any atom is -0.463 e. The first-order valence-electron chi connectivity index (χ1n) is 11.1. The van der Waals surface area contributed by atoms with Gasteiger partial charge in [-0.15, -0.1) is 0 Å². The maximum Gasteiger partial charge on any atom is 0.305 e. The fraction of sp³-hybridized carbons (Fsp3) is 0.739. The summed E-state index contributed by atoms with van der Waals surface area (Å²) in [6, 6.07) is 0. The van der Waals surface area contributed by atoms with Crippen molar-refractivity contribution in [2.45, 2.75) is 83.0 Å². The van der Waals surface area contributed by atoms with Crippen molar-refractivity contribution in [3.63, 3.8) is 0 Å².